The maximum Gasteiger partial charge on any atom is 0.389 e. The zero-order valence-corrected chi connectivity index (χ0v) is 10.6. The zero-order valence-electron chi connectivity index (χ0n) is 9.82. The summed E-state index contributed by atoms with van der Waals surface area (Å²) in [4.78, 5) is 0. The maximum atomic E-state index is 13.4. The molecule has 0 heterocycles. The molecule has 6 heteroatoms. The van der Waals surface area contributed by atoms with Crippen LogP contribution < -0.4 is 5.32 Å². The quantitative estimate of drug-likeness (QED) is 0.749. The molecule has 102 valence electrons. The van der Waals surface area contributed by atoms with Crippen LogP contribution >= 0.6 is 11.6 Å². The predicted octanol–water partition coefficient (Wildman–Crippen LogP) is 5.01. The van der Waals surface area contributed by atoms with Crippen LogP contribution in [0, 0.1) is 5.82 Å². The van der Waals surface area contributed by atoms with E-state index < -0.39 is 18.4 Å². The van der Waals surface area contributed by atoms with Crippen molar-refractivity contribution in [3.05, 3.63) is 29.0 Å². The highest BCUT2D eigenvalue weighted by Crippen LogP contribution is 2.24. The third kappa shape index (κ3) is 5.58. The van der Waals surface area contributed by atoms with Crippen LogP contribution in [0.5, 0.6) is 0 Å². The Balaban J connectivity index is 2.42. The number of benzene rings is 1. The second-order valence-corrected chi connectivity index (χ2v) is 4.61. The van der Waals surface area contributed by atoms with E-state index in [1.54, 1.807) is 6.92 Å². The van der Waals surface area contributed by atoms with Gasteiger partial charge in [-0.05, 0) is 38.0 Å². The summed E-state index contributed by atoms with van der Waals surface area (Å²) in [6, 6.07) is 3.92. The van der Waals surface area contributed by atoms with Crippen LogP contribution in [0.2, 0.25) is 5.02 Å². The third-order valence-corrected chi connectivity index (χ3v) is 2.67. The van der Waals surface area contributed by atoms with Crippen LogP contribution in [0.1, 0.15) is 26.2 Å². The lowest BCUT2D eigenvalue weighted by Crippen LogP contribution is -2.17. The van der Waals surface area contributed by atoms with Crippen LogP contribution in [0.3, 0.4) is 0 Å². The van der Waals surface area contributed by atoms with E-state index in [1.807, 2.05) is 0 Å². The van der Waals surface area contributed by atoms with Crippen molar-refractivity contribution < 1.29 is 17.6 Å². The summed E-state index contributed by atoms with van der Waals surface area (Å²) in [5.41, 5.74) is 0.249. The molecular formula is C12H14ClF4N. The smallest absolute Gasteiger partial charge is 0.380 e. The molecule has 0 aliphatic rings. The van der Waals surface area contributed by atoms with Gasteiger partial charge in [-0.25, -0.2) is 4.39 Å². The number of hydrogen-bond donors (Lipinski definition) is 1. The Bertz CT molecular complexity index is 392. The van der Waals surface area contributed by atoms with E-state index in [0.29, 0.717) is 6.42 Å². The Morgan fingerprint density at radius 1 is 1.33 bits per heavy atom. The Kier molecular flexibility index (Phi) is 5.26. The largest absolute Gasteiger partial charge is 0.389 e. The molecule has 0 radical (unpaired) electrons. The highest BCUT2D eigenvalue weighted by atomic mass is 35.5. The van der Waals surface area contributed by atoms with Gasteiger partial charge in [-0.3, -0.25) is 0 Å². The first kappa shape index (κ1) is 15.1. The van der Waals surface area contributed by atoms with E-state index in [2.05, 4.69) is 5.32 Å². The molecule has 1 atom stereocenters. The minimum Gasteiger partial charge on any atom is -0.380 e. The number of rotatable bonds is 5. The number of alkyl halides is 3. The molecule has 0 amide bonds. The fraction of sp³-hybridized carbons (Fsp3) is 0.500. The molecule has 18 heavy (non-hydrogen) atoms. The summed E-state index contributed by atoms with van der Waals surface area (Å²) >= 11 is 5.59. The van der Waals surface area contributed by atoms with E-state index in [9.17, 15) is 17.6 Å². The lowest BCUT2D eigenvalue weighted by molar-refractivity contribution is -0.135. The SMILES string of the molecule is CC(CCCC(F)(F)F)Nc1ccc(Cl)cc1F. The summed E-state index contributed by atoms with van der Waals surface area (Å²) < 4.78 is 49.2. The van der Waals surface area contributed by atoms with E-state index in [4.69, 9.17) is 11.6 Å². The minimum atomic E-state index is -4.13. The second-order valence-electron chi connectivity index (χ2n) is 4.18. The fourth-order valence-corrected chi connectivity index (χ4v) is 1.71. The monoisotopic (exact) mass is 283 g/mol. The van der Waals surface area contributed by atoms with Crippen molar-refractivity contribution in [2.45, 2.75) is 38.4 Å². The number of nitrogens with one attached hydrogen (secondary N) is 1. The molecule has 1 aromatic carbocycles. The average Bonchev–Trinajstić information content (AvgIpc) is 2.20. The first-order valence-corrected chi connectivity index (χ1v) is 5.94. The summed E-state index contributed by atoms with van der Waals surface area (Å²) in [7, 11) is 0. The van der Waals surface area contributed by atoms with Gasteiger partial charge in [0.2, 0.25) is 0 Å². The second kappa shape index (κ2) is 6.27. The van der Waals surface area contributed by atoms with Crippen LogP contribution in [0.25, 0.3) is 0 Å². The molecule has 1 nitrogen and oxygen atoms in total. The lowest BCUT2D eigenvalue weighted by atomic mass is 10.1. The summed E-state index contributed by atoms with van der Waals surface area (Å²) in [6.45, 7) is 1.71. The van der Waals surface area contributed by atoms with Crippen molar-refractivity contribution in [3.8, 4) is 0 Å². The zero-order chi connectivity index (χ0) is 13.8. The fourth-order valence-electron chi connectivity index (χ4n) is 1.55. The molecule has 0 bridgehead atoms. The van der Waals surface area contributed by atoms with Gasteiger partial charge in [0.05, 0.1) is 5.69 Å². The highest BCUT2D eigenvalue weighted by Gasteiger charge is 2.26. The Morgan fingerprint density at radius 2 is 2.00 bits per heavy atom. The van der Waals surface area contributed by atoms with Crippen molar-refractivity contribution in [2.24, 2.45) is 0 Å². The summed E-state index contributed by atoms with van der Waals surface area (Å²) in [5, 5.41) is 3.10. The summed E-state index contributed by atoms with van der Waals surface area (Å²) in [6.07, 6.45) is -4.61. The van der Waals surface area contributed by atoms with Gasteiger partial charge in [-0.2, -0.15) is 13.2 Å². The first-order chi connectivity index (χ1) is 8.28. The predicted molar refractivity (Wildman–Crippen MR) is 64.4 cm³/mol. The van der Waals surface area contributed by atoms with Crippen LogP contribution in [0.4, 0.5) is 23.2 Å². The van der Waals surface area contributed by atoms with Gasteiger partial charge < -0.3 is 5.32 Å². The number of hydrogen-bond acceptors (Lipinski definition) is 1. The molecule has 1 unspecified atom stereocenters. The number of halogens is 5. The first-order valence-electron chi connectivity index (χ1n) is 5.56. The Morgan fingerprint density at radius 3 is 2.56 bits per heavy atom. The summed E-state index contributed by atoms with van der Waals surface area (Å²) in [5.74, 6) is -0.509. The number of anilines is 1. The molecule has 1 N–H and O–H groups in total. The van der Waals surface area contributed by atoms with Gasteiger partial charge in [0.15, 0.2) is 0 Å². The standard InChI is InChI=1S/C12H14ClF4N/c1-8(3-2-6-12(15,16)17)18-11-5-4-9(13)7-10(11)14/h4-5,7-8,18H,2-3,6H2,1H3. The topological polar surface area (TPSA) is 12.0 Å². The van der Waals surface area contributed by atoms with Crippen molar-refractivity contribution in [3.63, 3.8) is 0 Å². The molecule has 0 aromatic heterocycles. The van der Waals surface area contributed by atoms with E-state index in [0.717, 1.165) is 6.07 Å². The maximum absolute atomic E-state index is 13.4. The molecule has 0 saturated carbocycles. The van der Waals surface area contributed by atoms with E-state index in [-0.39, 0.29) is 23.2 Å². The third-order valence-electron chi connectivity index (χ3n) is 2.43. The van der Waals surface area contributed by atoms with E-state index in [1.165, 1.54) is 12.1 Å². The Hall–Kier alpha value is -0.970. The molecule has 0 aliphatic heterocycles. The van der Waals surface area contributed by atoms with E-state index >= 15 is 0 Å². The lowest BCUT2D eigenvalue weighted by Gasteiger charge is -2.16. The minimum absolute atomic E-state index is 0.0207. The van der Waals surface area contributed by atoms with Gasteiger partial charge in [-0.1, -0.05) is 11.6 Å². The molecule has 1 rings (SSSR count). The highest BCUT2D eigenvalue weighted by molar-refractivity contribution is 6.30. The van der Waals surface area contributed by atoms with Gasteiger partial charge in [0.25, 0.3) is 0 Å². The van der Waals surface area contributed by atoms with Crippen molar-refractivity contribution in [2.75, 3.05) is 5.32 Å². The van der Waals surface area contributed by atoms with Gasteiger partial charge in [0, 0.05) is 17.5 Å². The molecular weight excluding hydrogens is 270 g/mol. The van der Waals surface area contributed by atoms with Crippen LogP contribution in [0.15, 0.2) is 18.2 Å². The van der Waals surface area contributed by atoms with Crippen LogP contribution in [-0.2, 0) is 0 Å². The van der Waals surface area contributed by atoms with Gasteiger partial charge >= 0.3 is 6.18 Å². The van der Waals surface area contributed by atoms with Crippen molar-refractivity contribution >= 4 is 17.3 Å². The van der Waals surface area contributed by atoms with Crippen molar-refractivity contribution in [1.29, 1.82) is 0 Å². The molecule has 0 spiro atoms. The van der Waals surface area contributed by atoms with Gasteiger partial charge in [-0.15, -0.1) is 0 Å². The average molecular weight is 284 g/mol. The normalized spacial score (nSPS) is 13.4. The van der Waals surface area contributed by atoms with Crippen molar-refractivity contribution in [1.82, 2.24) is 0 Å². The molecule has 1 aromatic rings. The Labute approximate surface area is 108 Å². The molecule has 0 aliphatic carbocycles. The molecule has 0 fully saturated rings. The van der Waals surface area contributed by atoms with Gasteiger partial charge in [0.1, 0.15) is 5.82 Å². The molecule has 0 saturated heterocycles. The van der Waals surface area contributed by atoms with Crippen LogP contribution in [-0.4, -0.2) is 12.2 Å².